The number of fused-ring (bicyclic) bond motifs is 1. The largest absolute Gasteiger partial charge is 0.465 e. The van der Waals surface area contributed by atoms with E-state index in [1.165, 1.54) is 43.1 Å². The van der Waals surface area contributed by atoms with Gasteiger partial charge >= 0.3 is 5.97 Å². The number of nitrogens with one attached hydrogen (secondary N) is 1. The molecule has 0 amide bonds. The number of carbonyl (C=O) groups is 1. The molecule has 3 heterocycles. The van der Waals surface area contributed by atoms with E-state index in [4.69, 9.17) is 4.74 Å². The third-order valence-electron chi connectivity index (χ3n) is 4.37. The van der Waals surface area contributed by atoms with Crippen molar-refractivity contribution in [1.29, 1.82) is 0 Å². The van der Waals surface area contributed by atoms with Crippen LogP contribution in [0.5, 0.6) is 0 Å². The molecular weight excluding hydrogens is 374 g/mol. The molecule has 8 nitrogen and oxygen atoms in total. The summed E-state index contributed by atoms with van der Waals surface area (Å²) in [6, 6.07) is 0. The number of esters is 1. The van der Waals surface area contributed by atoms with Crippen LogP contribution in [0, 0.1) is 6.92 Å². The lowest BCUT2D eigenvalue weighted by molar-refractivity contribution is 0.0605. The average Bonchev–Trinajstić information content (AvgIpc) is 3.31. The molecule has 4 rings (SSSR count). The molecule has 3 aromatic heterocycles. The lowest BCUT2D eigenvalue weighted by Crippen LogP contribution is -2.11. The van der Waals surface area contributed by atoms with Crippen molar-refractivity contribution in [2.45, 2.75) is 36.6 Å². The van der Waals surface area contributed by atoms with E-state index in [-0.39, 0.29) is 5.56 Å². The highest BCUT2D eigenvalue weighted by molar-refractivity contribution is 7.98. The highest BCUT2D eigenvalue weighted by atomic mass is 32.2. The van der Waals surface area contributed by atoms with E-state index in [1.807, 2.05) is 11.6 Å². The Morgan fingerprint density at radius 2 is 2.19 bits per heavy atom. The summed E-state index contributed by atoms with van der Waals surface area (Å²) in [5.74, 6) is 2.10. The van der Waals surface area contributed by atoms with Crippen LogP contribution in [0.25, 0.3) is 10.2 Å². The van der Waals surface area contributed by atoms with Gasteiger partial charge in [-0.15, -0.1) is 21.5 Å². The Morgan fingerprint density at radius 3 is 2.88 bits per heavy atom. The summed E-state index contributed by atoms with van der Waals surface area (Å²) in [7, 11) is 3.28. The second kappa shape index (κ2) is 6.51. The number of rotatable bonds is 5. The molecule has 0 spiro atoms. The molecular formula is C16H17N5O3S2. The number of H-pyrrole nitrogens is 1. The van der Waals surface area contributed by atoms with Gasteiger partial charge in [-0.3, -0.25) is 4.79 Å². The molecule has 136 valence electrons. The van der Waals surface area contributed by atoms with Crippen molar-refractivity contribution in [2.24, 2.45) is 7.05 Å². The first-order valence-corrected chi connectivity index (χ1v) is 9.92. The smallest absolute Gasteiger partial charge is 0.348 e. The SMILES string of the molecule is COC(=O)c1sc2nc(CSc3nnc(C4CC4)n3C)[nH]c(=O)c2c1C. The second-order valence-corrected chi connectivity index (χ2v) is 8.14. The summed E-state index contributed by atoms with van der Waals surface area (Å²) >= 11 is 2.65. The number of methoxy groups -OCH3 is 1. The highest BCUT2D eigenvalue weighted by Crippen LogP contribution is 2.39. The van der Waals surface area contributed by atoms with Crippen molar-refractivity contribution >= 4 is 39.3 Å². The molecule has 0 unspecified atom stereocenters. The van der Waals surface area contributed by atoms with Crippen LogP contribution in [0.1, 0.15) is 45.6 Å². The molecule has 0 atom stereocenters. The number of hydrogen-bond donors (Lipinski definition) is 1. The third kappa shape index (κ3) is 2.92. The second-order valence-electron chi connectivity index (χ2n) is 6.20. The standard InChI is InChI=1S/C16H17N5O3S2/c1-7-10-13(22)17-9(18-14(10)26-11(7)15(23)24-3)6-25-16-20-19-12(21(16)2)8-4-5-8/h8H,4-6H2,1-3H3,(H,17,18,22). The van der Waals surface area contributed by atoms with Gasteiger partial charge in [-0.2, -0.15) is 0 Å². The van der Waals surface area contributed by atoms with E-state index in [2.05, 4.69) is 20.2 Å². The molecule has 1 aliphatic carbocycles. The maximum atomic E-state index is 12.4. The van der Waals surface area contributed by atoms with E-state index in [0.29, 0.717) is 38.2 Å². The minimum Gasteiger partial charge on any atom is -0.465 e. The maximum Gasteiger partial charge on any atom is 0.348 e. The van der Waals surface area contributed by atoms with Gasteiger partial charge in [-0.25, -0.2) is 9.78 Å². The molecule has 0 saturated heterocycles. The topological polar surface area (TPSA) is 103 Å². The zero-order valence-electron chi connectivity index (χ0n) is 14.5. The zero-order valence-corrected chi connectivity index (χ0v) is 16.2. The molecule has 0 aromatic carbocycles. The first-order chi connectivity index (χ1) is 12.5. The number of aryl methyl sites for hydroxylation is 1. The van der Waals surface area contributed by atoms with Crippen LogP contribution in [0.15, 0.2) is 9.95 Å². The fraction of sp³-hybridized carbons (Fsp3) is 0.438. The molecule has 0 bridgehead atoms. The fourth-order valence-corrected chi connectivity index (χ4v) is 4.73. The number of thiophene rings is 1. The van der Waals surface area contributed by atoms with Gasteiger partial charge in [0.25, 0.3) is 5.56 Å². The van der Waals surface area contributed by atoms with E-state index in [9.17, 15) is 9.59 Å². The van der Waals surface area contributed by atoms with Crippen molar-refractivity contribution in [3.05, 3.63) is 32.4 Å². The minimum atomic E-state index is -0.451. The van der Waals surface area contributed by atoms with Gasteiger partial charge in [0.1, 0.15) is 21.4 Å². The Kier molecular flexibility index (Phi) is 4.31. The van der Waals surface area contributed by atoms with Crippen molar-refractivity contribution in [2.75, 3.05) is 7.11 Å². The van der Waals surface area contributed by atoms with Gasteiger partial charge in [-0.05, 0) is 25.3 Å². The molecule has 1 aliphatic rings. The maximum absolute atomic E-state index is 12.4. The van der Waals surface area contributed by atoms with E-state index >= 15 is 0 Å². The molecule has 1 fully saturated rings. The highest BCUT2D eigenvalue weighted by Gasteiger charge is 2.29. The Hall–Kier alpha value is -2.20. The lowest BCUT2D eigenvalue weighted by atomic mass is 10.2. The molecule has 0 radical (unpaired) electrons. The number of ether oxygens (including phenoxy) is 1. The summed E-state index contributed by atoms with van der Waals surface area (Å²) in [5.41, 5.74) is 0.360. The summed E-state index contributed by atoms with van der Waals surface area (Å²) in [4.78, 5) is 32.5. The molecule has 10 heteroatoms. The van der Waals surface area contributed by atoms with Crippen LogP contribution in [-0.2, 0) is 17.5 Å². The number of hydrogen-bond acceptors (Lipinski definition) is 8. The van der Waals surface area contributed by atoms with Gasteiger partial charge in [-0.1, -0.05) is 11.8 Å². The Balaban J connectivity index is 1.61. The Morgan fingerprint density at radius 1 is 1.42 bits per heavy atom. The average molecular weight is 391 g/mol. The normalized spacial score (nSPS) is 14.1. The zero-order chi connectivity index (χ0) is 18.4. The number of aromatic nitrogens is 5. The number of aromatic amines is 1. The first kappa shape index (κ1) is 17.2. The monoisotopic (exact) mass is 391 g/mol. The molecule has 1 N–H and O–H groups in total. The Bertz CT molecular complexity index is 1060. The predicted octanol–water partition coefficient (Wildman–Crippen LogP) is 2.38. The van der Waals surface area contributed by atoms with Crippen LogP contribution >= 0.6 is 23.1 Å². The lowest BCUT2D eigenvalue weighted by Gasteiger charge is -2.03. The van der Waals surface area contributed by atoms with Gasteiger partial charge in [0.05, 0.1) is 18.2 Å². The van der Waals surface area contributed by atoms with Crippen molar-refractivity contribution < 1.29 is 9.53 Å². The minimum absolute atomic E-state index is 0.244. The summed E-state index contributed by atoms with van der Waals surface area (Å²) in [6.07, 6.45) is 2.34. The van der Waals surface area contributed by atoms with Gasteiger partial charge in [0.2, 0.25) is 0 Å². The molecule has 0 aliphatic heterocycles. The van der Waals surface area contributed by atoms with E-state index in [1.54, 1.807) is 6.92 Å². The molecule has 3 aromatic rings. The number of carbonyl (C=O) groups excluding carboxylic acids is 1. The quantitative estimate of drug-likeness (QED) is 0.526. The summed E-state index contributed by atoms with van der Waals surface area (Å²) < 4.78 is 6.77. The number of nitrogens with zero attached hydrogens (tertiary/aromatic N) is 4. The molecule has 1 saturated carbocycles. The van der Waals surface area contributed by atoms with E-state index < -0.39 is 5.97 Å². The van der Waals surface area contributed by atoms with Crippen molar-refractivity contribution in [3.63, 3.8) is 0 Å². The van der Waals surface area contributed by atoms with Crippen LogP contribution < -0.4 is 5.56 Å². The summed E-state index contributed by atoms with van der Waals surface area (Å²) in [5, 5.41) is 9.72. The van der Waals surface area contributed by atoms with Gasteiger partial charge < -0.3 is 14.3 Å². The van der Waals surface area contributed by atoms with Crippen LogP contribution in [-0.4, -0.2) is 37.8 Å². The van der Waals surface area contributed by atoms with Gasteiger partial charge in [0, 0.05) is 13.0 Å². The van der Waals surface area contributed by atoms with Gasteiger partial charge in [0.15, 0.2) is 5.16 Å². The van der Waals surface area contributed by atoms with Crippen molar-refractivity contribution in [1.82, 2.24) is 24.7 Å². The fourth-order valence-electron chi connectivity index (χ4n) is 2.83. The van der Waals surface area contributed by atoms with Crippen LogP contribution in [0.3, 0.4) is 0 Å². The summed E-state index contributed by atoms with van der Waals surface area (Å²) in [6.45, 7) is 1.73. The Labute approximate surface area is 157 Å². The first-order valence-electron chi connectivity index (χ1n) is 8.12. The van der Waals surface area contributed by atoms with Crippen LogP contribution in [0.4, 0.5) is 0 Å². The number of thioether (sulfide) groups is 1. The van der Waals surface area contributed by atoms with Crippen LogP contribution in [0.2, 0.25) is 0 Å². The van der Waals surface area contributed by atoms with Crippen molar-refractivity contribution in [3.8, 4) is 0 Å². The predicted molar refractivity (Wildman–Crippen MR) is 98.9 cm³/mol. The third-order valence-corrected chi connectivity index (χ3v) is 6.57. The van der Waals surface area contributed by atoms with E-state index in [0.717, 1.165) is 11.0 Å². The molecule has 26 heavy (non-hydrogen) atoms.